The van der Waals surface area contributed by atoms with Gasteiger partial charge in [-0.25, -0.2) is 14.8 Å². The van der Waals surface area contributed by atoms with Crippen molar-refractivity contribution in [3.63, 3.8) is 0 Å². The summed E-state index contributed by atoms with van der Waals surface area (Å²) in [5, 5.41) is 3.25. The largest absolute Gasteiger partial charge is 0.447 e. The van der Waals surface area contributed by atoms with Crippen molar-refractivity contribution in [3.05, 3.63) is 42.4 Å². The number of amides is 1. The Morgan fingerprint density at radius 1 is 1.22 bits per heavy atom. The van der Waals surface area contributed by atoms with Crippen LogP contribution < -0.4 is 10.2 Å². The summed E-state index contributed by atoms with van der Waals surface area (Å²) < 4.78 is 5.21. The number of para-hydroxylation sites is 2. The molecule has 140 valence electrons. The fraction of sp³-hybridized carbons (Fsp3) is 0.368. The number of hydrogen-bond donors (Lipinski definition) is 2. The average Bonchev–Trinajstić information content (AvgIpc) is 3.25. The van der Waals surface area contributed by atoms with Crippen molar-refractivity contribution in [2.45, 2.75) is 32.9 Å². The number of aromatic amines is 1. The Morgan fingerprint density at radius 2 is 2.04 bits per heavy atom. The van der Waals surface area contributed by atoms with Crippen LogP contribution in [0.1, 0.15) is 32.6 Å². The molecule has 2 atom stereocenters. The number of cyclic esters (lactones) is 1. The van der Waals surface area contributed by atoms with Gasteiger partial charge in [-0.2, -0.15) is 4.98 Å². The molecule has 27 heavy (non-hydrogen) atoms. The van der Waals surface area contributed by atoms with Gasteiger partial charge in [-0.1, -0.05) is 26.0 Å². The molecule has 0 spiro atoms. The zero-order chi connectivity index (χ0) is 19.0. The van der Waals surface area contributed by atoms with Crippen LogP contribution in [0.4, 0.5) is 16.6 Å². The molecule has 3 aromatic rings. The maximum Gasteiger partial charge on any atom is 0.415 e. The maximum absolute atomic E-state index is 12.2. The summed E-state index contributed by atoms with van der Waals surface area (Å²) in [4.78, 5) is 30.5. The highest BCUT2D eigenvalue weighted by molar-refractivity contribution is 5.89. The number of anilines is 2. The van der Waals surface area contributed by atoms with Crippen LogP contribution in [-0.2, 0) is 4.74 Å². The lowest BCUT2D eigenvalue weighted by atomic mass is 10.0. The van der Waals surface area contributed by atoms with Gasteiger partial charge in [0.1, 0.15) is 18.2 Å². The molecule has 2 aromatic heterocycles. The van der Waals surface area contributed by atoms with Crippen LogP contribution in [0.5, 0.6) is 0 Å². The summed E-state index contributed by atoms with van der Waals surface area (Å²) in [6.07, 6.45) is 1.27. The minimum atomic E-state index is -0.372. The highest BCUT2D eigenvalue weighted by Gasteiger charge is 2.37. The molecule has 0 bridgehead atoms. The van der Waals surface area contributed by atoms with Crippen molar-refractivity contribution < 1.29 is 9.53 Å². The molecule has 1 fully saturated rings. The third-order valence-electron chi connectivity index (χ3n) is 4.73. The van der Waals surface area contributed by atoms with Gasteiger partial charge in [-0.05, 0) is 31.0 Å². The van der Waals surface area contributed by atoms with Crippen molar-refractivity contribution in [1.29, 1.82) is 0 Å². The molecule has 8 nitrogen and oxygen atoms in total. The highest BCUT2D eigenvalue weighted by Crippen LogP contribution is 2.26. The van der Waals surface area contributed by atoms with Gasteiger partial charge in [-0.15, -0.1) is 0 Å². The Kier molecular flexibility index (Phi) is 4.39. The summed E-state index contributed by atoms with van der Waals surface area (Å²) in [6, 6.07) is 9.43. The third kappa shape index (κ3) is 3.30. The predicted octanol–water partition coefficient (Wildman–Crippen LogP) is 3.51. The molecule has 0 saturated carbocycles. The van der Waals surface area contributed by atoms with E-state index in [-0.39, 0.29) is 24.1 Å². The molecule has 1 aliphatic heterocycles. The first kappa shape index (κ1) is 17.3. The zero-order valence-corrected chi connectivity index (χ0v) is 15.5. The van der Waals surface area contributed by atoms with E-state index in [1.807, 2.05) is 31.2 Å². The molecule has 1 aromatic carbocycles. The Balaban J connectivity index is 1.56. The number of benzene rings is 1. The van der Waals surface area contributed by atoms with E-state index in [0.717, 1.165) is 16.9 Å². The molecular formula is C19H22N6O2. The van der Waals surface area contributed by atoms with Gasteiger partial charge < -0.3 is 15.0 Å². The lowest BCUT2D eigenvalue weighted by Crippen LogP contribution is -2.37. The first-order chi connectivity index (χ1) is 13.0. The second kappa shape index (κ2) is 6.86. The minimum Gasteiger partial charge on any atom is -0.447 e. The van der Waals surface area contributed by atoms with E-state index >= 15 is 0 Å². The Hall–Kier alpha value is -3.16. The Bertz CT molecular complexity index is 936. The first-order valence-corrected chi connectivity index (χ1v) is 9.03. The molecule has 1 aliphatic rings. The standard InChI is InChI=1S/C19H22N6O2/c1-11(2)15-10-27-19(26)25(15)16-8-9-20-18(24-16)21-12(3)17-22-13-6-4-5-7-14(13)23-17/h4-9,11-12,15H,10H2,1-3H3,(H,22,23)(H,20,21,24). The first-order valence-electron chi connectivity index (χ1n) is 9.03. The summed E-state index contributed by atoms with van der Waals surface area (Å²) in [5.41, 5.74) is 1.89. The summed E-state index contributed by atoms with van der Waals surface area (Å²) in [6.45, 7) is 6.47. The van der Waals surface area contributed by atoms with E-state index in [9.17, 15) is 4.79 Å². The second-order valence-electron chi connectivity index (χ2n) is 7.00. The van der Waals surface area contributed by atoms with E-state index < -0.39 is 0 Å². The van der Waals surface area contributed by atoms with E-state index in [1.165, 1.54) is 0 Å². The van der Waals surface area contributed by atoms with Gasteiger partial charge >= 0.3 is 6.09 Å². The number of H-pyrrole nitrogens is 1. The van der Waals surface area contributed by atoms with Gasteiger partial charge in [0.15, 0.2) is 0 Å². The molecule has 3 heterocycles. The molecule has 2 unspecified atom stereocenters. The van der Waals surface area contributed by atoms with Crippen LogP contribution in [0.15, 0.2) is 36.5 Å². The molecular weight excluding hydrogens is 344 g/mol. The van der Waals surface area contributed by atoms with Crippen LogP contribution in [0.3, 0.4) is 0 Å². The van der Waals surface area contributed by atoms with Crippen molar-refractivity contribution in [1.82, 2.24) is 19.9 Å². The number of aromatic nitrogens is 4. The van der Waals surface area contributed by atoms with Gasteiger partial charge in [-0.3, -0.25) is 4.90 Å². The van der Waals surface area contributed by atoms with Gasteiger partial charge in [0.25, 0.3) is 0 Å². The topological polar surface area (TPSA) is 96.0 Å². The number of imidazole rings is 1. The normalized spacial score (nSPS) is 18.1. The fourth-order valence-corrected chi connectivity index (χ4v) is 3.18. The fourth-order valence-electron chi connectivity index (χ4n) is 3.18. The predicted molar refractivity (Wildman–Crippen MR) is 103 cm³/mol. The zero-order valence-electron chi connectivity index (χ0n) is 15.5. The monoisotopic (exact) mass is 366 g/mol. The maximum atomic E-state index is 12.2. The Morgan fingerprint density at radius 3 is 2.81 bits per heavy atom. The minimum absolute atomic E-state index is 0.0342. The number of carbonyl (C=O) groups excluding carboxylic acids is 1. The van der Waals surface area contributed by atoms with Crippen LogP contribution in [0, 0.1) is 5.92 Å². The van der Waals surface area contributed by atoms with E-state index in [1.54, 1.807) is 17.2 Å². The van der Waals surface area contributed by atoms with Gasteiger partial charge in [0.05, 0.1) is 23.1 Å². The molecule has 1 amide bonds. The number of fused-ring (bicyclic) bond motifs is 1. The van der Waals surface area contributed by atoms with Gasteiger partial charge in [0, 0.05) is 6.20 Å². The van der Waals surface area contributed by atoms with E-state index in [4.69, 9.17) is 4.74 Å². The van der Waals surface area contributed by atoms with Crippen molar-refractivity contribution in [2.75, 3.05) is 16.8 Å². The second-order valence-corrected chi connectivity index (χ2v) is 7.00. The number of hydrogen-bond acceptors (Lipinski definition) is 6. The number of ether oxygens (including phenoxy) is 1. The van der Waals surface area contributed by atoms with Gasteiger partial charge in [0.2, 0.25) is 5.95 Å². The third-order valence-corrected chi connectivity index (χ3v) is 4.73. The molecule has 0 radical (unpaired) electrons. The van der Waals surface area contributed by atoms with Crippen molar-refractivity contribution >= 4 is 28.9 Å². The highest BCUT2D eigenvalue weighted by atomic mass is 16.6. The van der Waals surface area contributed by atoms with Crippen LogP contribution in [0.2, 0.25) is 0 Å². The van der Waals surface area contributed by atoms with Crippen molar-refractivity contribution in [3.8, 4) is 0 Å². The SMILES string of the molecule is CC(Nc1nccc(N2C(=O)OCC2C(C)C)n1)c1nc2ccccc2[nH]1. The lowest BCUT2D eigenvalue weighted by Gasteiger charge is -2.23. The molecule has 4 rings (SSSR count). The smallest absolute Gasteiger partial charge is 0.415 e. The molecule has 1 saturated heterocycles. The van der Waals surface area contributed by atoms with Crippen LogP contribution >= 0.6 is 0 Å². The van der Waals surface area contributed by atoms with Crippen LogP contribution in [0.25, 0.3) is 11.0 Å². The lowest BCUT2D eigenvalue weighted by molar-refractivity contribution is 0.177. The summed E-state index contributed by atoms with van der Waals surface area (Å²) in [7, 11) is 0. The average molecular weight is 366 g/mol. The summed E-state index contributed by atoms with van der Waals surface area (Å²) in [5.74, 6) is 2.02. The number of nitrogens with zero attached hydrogens (tertiary/aromatic N) is 4. The van der Waals surface area contributed by atoms with E-state index in [2.05, 4.69) is 39.1 Å². The van der Waals surface area contributed by atoms with Crippen LogP contribution in [-0.4, -0.2) is 38.7 Å². The quantitative estimate of drug-likeness (QED) is 0.717. The Labute approximate surface area is 157 Å². The molecule has 8 heteroatoms. The number of rotatable bonds is 5. The number of nitrogens with one attached hydrogen (secondary N) is 2. The molecule has 2 N–H and O–H groups in total. The number of carbonyl (C=O) groups is 1. The van der Waals surface area contributed by atoms with E-state index in [0.29, 0.717) is 18.4 Å². The molecule has 0 aliphatic carbocycles. The van der Waals surface area contributed by atoms with Crippen molar-refractivity contribution in [2.24, 2.45) is 5.92 Å². The summed E-state index contributed by atoms with van der Waals surface area (Å²) >= 11 is 0.